The summed E-state index contributed by atoms with van der Waals surface area (Å²) in [6, 6.07) is 10.1. The normalized spacial score (nSPS) is 19.7. The Hall–Kier alpha value is -3.04. The Kier molecular flexibility index (Phi) is 4.38. The molecule has 5 rings (SSSR count). The minimum absolute atomic E-state index is 0.116. The van der Waals surface area contributed by atoms with E-state index in [9.17, 15) is 5.11 Å². The molecule has 0 unspecified atom stereocenters. The van der Waals surface area contributed by atoms with Crippen LogP contribution in [0.25, 0.3) is 16.9 Å². The fourth-order valence-corrected chi connectivity index (χ4v) is 3.62. The standard InChI is InChI=1S/C19H21N7O2/c27-18-9-15(26-20-6-7-21-26)1-2-16(18)17-3-4-19(24-23-17)25-8-5-13(10-25)22-14-11-28-12-14/h1-4,6-7,9,13-14,22,27H,5,8,10-12H2/t13-/m0/s1. The van der Waals surface area contributed by atoms with Gasteiger partial charge in [0.25, 0.3) is 0 Å². The molecule has 0 radical (unpaired) electrons. The molecule has 28 heavy (non-hydrogen) atoms. The van der Waals surface area contributed by atoms with Gasteiger partial charge in [-0.15, -0.1) is 10.2 Å². The van der Waals surface area contributed by atoms with Gasteiger partial charge in [0, 0.05) is 30.8 Å². The molecule has 4 heterocycles. The van der Waals surface area contributed by atoms with Crippen LogP contribution in [-0.2, 0) is 4.74 Å². The zero-order chi connectivity index (χ0) is 18.9. The van der Waals surface area contributed by atoms with Crippen LogP contribution in [0.2, 0.25) is 0 Å². The Balaban J connectivity index is 1.29. The van der Waals surface area contributed by atoms with Crippen molar-refractivity contribution in [1.29, 1.82) is 0 Å². The quantitative estimate of drug-likeness (QED) is 0.677. The van der Waals surface area contributed by atoms with E-state index in [1.54, 1.807) is 24.5 Å². The summed E-state index contributed by atoms with van der Waals surface area (Å²) in [4.78, 5) is 3.69. The van der Waals surface area contributed by atoms with Gasteiger partial charge in [-0.25, -0.2) is 0 Å². The summed E-state index contributed by atoms with van der Waals surface area (Å²) < 4.78 is 5.22. The molecule has 0 bridgehead atoms. The molecule has 2 aromatic heterocycles. The molecule has 9 heteroatoms. The second-order valence-corrected chi connectivity index (χ2v) is 7.13. The molecule has 0 spiro atoms. The largest absolute Gasteiger partial charge is 0.507 e. The molecule has 9 nitrogen and oxygen atoms in total. The molecule has 0 saturated carbocycles. The van der Waals surface area contributed by atoms with Crippen LogP contribution in [0, 0.1) is 0 Å². The lowest BCUT2D eigenvalue weighted by Crippen LogP contribution is -2.51. The zero-order valence-electron chi connectivity index (χ0n) is 15.3. The molecule has 3 aromatic rings. The second-order valence-electron chi connectivity index (χ2n) is 7.13. The van der Waals surface area contributed by atoms with Crippen LogP contribution in [0.1, 0.15) is 6.42 Å². The van der Waals surface area contributed by atoms with E-state index in [4.69, 9.17) is 4.74 Å². The number of aromatic nitrogens is 5. The summed E-state index contributed by atoms with van der Waals surface area (Å²) in [6.45, 7) is 3.49. The summed E-state index contributed by atoms with van der Waals surface area (Å²) in [7, 11) is 0. The Bertz CT molecular complexity index is 941. The highest BCUT2D eigenvalue weighted by molar-refractivity contribution is 5.68. The van der Waals surface area contributed by atoms with Crippen molar-refractivity contribution in [2.24, 2.45) is 0 Å². The van der Waals surface area contributed by atoms with Crippen LogP contribution in [0.15, 0.2) is 42.7 Å². The zero-order valence-corrected chi connectivity index (χ0v) is 15.3. The molecule has 2 aliphatic heterocycles. The first-order chi connectivity index (χ1) is 13.8. The van der Waals surface area contributed by atoms with Gasteiger partial charge in [0.2, 0.25) is 0 Å². The SMILES string of the molecule is Oc1cc(-n2nccn2)ccc1-c1ccc(N2CC[C@H](NC3COC3)C2)nn1. The van der Waals surface area contributed by atoms with Gasteiger partial charge in [0.05, 0.1) is 43.0 Å². The van der Waals surface area contributed by atoms with E-state index in [1.165, 1.54) is 4.80 Å². The Morgan fingerprint density at radius 1 is 1.04 bits per heavy atom. The van der Waals surface area contributed by atoms with Crippen molar-refractivity contribution in [1.82, 2.24) is 30.5 Å². The number of anilines is 1. The van der Waals surface area contributed by atoms with Gasteiger partial charge >= 0.3 is 0 Å². The molecular formula is C19H21N7O2. The van der Waals surface area contributed by atoms with Gasteiger partial charge < -0.3 is 20.1 Å². The predicted molar refractivity (Wildman–Crippen MR) is 102 cm³/mol. The van der Waals surface area contributed by atoms with Crippen molar-refractivity contribution in [2.45, 2.75) is 18.5 Å². The van der Waals surface area contributed by atoms with Crippen LogP contribution in [0.4, 0.5) is 5.82 Å². The average Bonchev–Trinajstić information content (AvgIpc) is 3.37. The van der Waals surface area contributed by atoms with Gasteiger partial charge in [-0.1, -0.05) is 0 Å². The van der Waals surface area contributed by atoms with Crippen molar-refractivity contribution in [3.63, 3.8) is 0 Å². The molecule has 2 saturated heterocycles. The van der Waals surface area contributed by atoms with Gasteiger partial charge in [0.1, 0.15) is 5.75 Å². The highest BCUT2D eigenvalue weighted by atomic mass is 16.5. The summed E-state index contributed by atoms with van der Waals surface area (Å²) in [5, 5.41) is 30.9. The number of rotatable bonds is 5. The Morgan fingerprint density at radius 3 is 2.57 bits per heavy atom. The summed E-state index contributed by atoms with van der Waals surface area (Å²) in [5.74, 6) is 0.972. The predicted octanol–water partition coefficient (Wildman–Crippen LogP) is 0.997. The molecule has 0 aliphatic carbocycles. The van der Waals surface area contributed by atoms with Gasteiger partial charge in [-0.3, -0.25) is 0 Å². The third kappa shape index (κ3) is 3.30. The van der Waals surface area contributed by atoms with E-state index in [-0.39, 0.29) is 5.75 Å². The highest BCUT2D eigenvalue weighted by Gasteiger charge is 2.28. The number of benzene rings is 1. The maximum absolute atomic E-state index is 10.4. The van der Waals surface area contributed by atoms with Crippen LogP contribution < -0.4 is 10.2 Å². The van der Waals surface area contributed by atoms with Crippen molar-refractivity contribution in [2.75, 3.05) is 31.2 Å². The van der Waals surface area contributed by atoms with Crippen LogP contribution in [-0.4, -0.2) is 68.7 Å². The Morgan fingerprint density at radius 2 is 1.89 bits per heavy atom. The minimum Gasteiger partial charge on any atom is -0.507 e. The van der Waals surface area contributed by atoms with E-state index in [0.29, 0.717) is 29.0 Å². The lowest BCUT2D eigenvalue weighted by atomic mass is 10.1. The number of hydrogen-bond acceptors (Lipinski definition) is 8. The summed E-state index contributed by atoms with van der Waals surface area (Å²) >= 11 is 0. The fraction of sp³-hybridized carbons (Fsp3) is 0.368. The van der Waals surface area contributed by atoms with Crippen LogP contribution >= 0.6 is 0 Å². The minimum atomic E-state index is 0.116. The molecule has 1 atom stereocenters. The number of nitrogens with one attached hydrogen (secondary N) is 1. The maximum atomic E-state index is 10.4. The molecule has 2 fully saturated rings. The van der Waals surface area contributed by atoms with E-state index in [0.717, 1.165) is 38.5 Å². The van der Waals surface area contributed by atoms with E-state index in [2.05, 4.69) is 30.6 Å². The summed E-state index contributed by atoms with van der Waals surface area (Å²) in [5.41, 5.74) is 1.94. The summed E-state index contributed by atoms with van der Waals surface area (Å²) in [6.07, 6.45) is 4.27. The topological polar surface area (TPSA) is 101 Å². The number of hydrogen-bond donors (Lipinski definition) is 2. The van der Waals surface area contributed by atoms with Gasteiger partial charge in [-0.05, 0) is 30.7 Å². The Labute approximate surface area is 162 Å². The van der Waals surface area contributed by atoms with E-state index < -0.39 is 0 Å². The van der Waals surface area contributed by atoms with Crippen molar-refractivity contribution in [3.8, 4) is 22.7 Å². The first-order valence-corrected chi connectivity index (χ1v) is 9.39. The van der Waals surface area contributed by atoms with Crippen molar-refractivity contribution in [3.05, 3.63) is 42.7 Å². The molecule has 1 aromatic carbocycles. The number of nitrogens with zero attached hydrogens (tertiary/aromatic N) is 6. The lowest BCUT2D eigenvalue weighted by molar-refractivity contribution is -0.00895. The number of ether oxygens (including phenoxy) is 1. The van der Waals surface area contributed by atoms with E-state index in [1.807, 2.05) is 18.2 Å². The maximum Gasteiger partial charge on any atom is 0.151 e. The highest BCUT2D eigenvalue weighted by Crippen LogP contribution is 2.30. The molecular weight excluding hydrogens is 358 g/mol. The molecule has 144 valence electrons. The van der Waals surface area contributed by atoms with Crippen molar-refractivity contribution < 1.29 is 9.84 Å². The third-order valence-electron chi connectivity index (χ3n) is 5.18. The number of aromatic hydroxyl groups is 1. The first kappa shape index (κ1) is 17.1. The smallest absolute Gasteiger partial charge is 0.151 e. The lowest BCUT2D eigenvalue weighted by Gasteiger charge is -2.30. The molecule has 2 aliphatic rings. The molecule has 0 amide bonds. The third-order valence-corrected chi connectivity index (χ3v) is 5.18. The molecule has 2 N–H and O–H groups in total. The second kappa shape index (κ2) is 7.17. The number of phenols is 1. The first-order valence-electron chi connectivity index (χ1n) is 9.39. The van der Waals surface area contributed by atoms with Gasteiger partial charge in [0.15, 0.2) is 5.82 Å². The number of phenolic OH excluding ortho intramolecular Hbond substituents is 1. The van der Waals surface area contributed by atoms with Gasteiger partial charge in [-0.2, -0.15) is 15.0 Å². The van der Waals surface area contributed by atoms with Crippen LogP contribution in [0.3, 0.4) is 0 Å². The van der Waals surface area contributed by atoms with Crippen LogP contribution in [0.5, 0.6) is 5.75 Å². The van der Waals surface area contributed by atoms with E-state index >= 15 is 0 Å². The monoisotopic (exact) mass is 379 g/mol. The average molecular weight is 379 g/mol. The fourth-order valence-electron chi connectivity index (χ4n) is 3.62. The van der Waals surface area contributed by atoms with Crippen molar-refractivity contribution >= 4 is 5.82 Å².